The van der Waals surface area contributed by atoms with Crippen molar-refractivity contribution < 1.29 is 18.7 Å². The Labute approximate surface area is 173 Å². The van der Waals surface area contributed by atoms with Crippen molar-refractivity contribution in [3.8, 4) is 5.75 Å². The van der Waals surface area contributed by atoms with E-state index in [0.29, 0.717) is 22.7 Å². The molecule has 5 nitrogen and oxygen atoms in total. The van der Waals surface area contributed by atoms with Crippen LogP contribution < -0.4 is 15.4 Å². The summed E-state index contributed by atoms with van der Waals surface area (Å²) in [5.74, 6) is -0.476. The lowest BCUT2D eigenvalue weighted by Crippen LogP contribution is -2.20. The Bertz CT molecular complexity index is 1100. The molecule has 0 heterocycles. The molecule has 3 aromatic rings. The van der Waals surface area contributed by atoms with Gasteiger partial charge in [-0.1, -0.05) is 18.2 Å². The third-order valence-electron chi connectivity index (χ3n) is 4.93. The molecule has 0 saturated carbocycles. The molecule has 0 radical (unpaired) electrons. The van der Waals surface area contributed by atoms with Crippen molar-refractivity contribution in [2.75, 3.05) is 17.2 Å². The number of benzene rings is 3. The molecular formula is C24H21FN2O3. The van der Waals surface area contributed by atoms with Gasteiger partial charge in [0.2, 0.25) is 0 Å². The van der Waals surface area contributed by atoms with Crippen LogP contribution in [0, 0.1) is 5.82 Å². The van der Waals surface area contributed by atoms with Gasteiger partial charge in [-0.05, 0) is 78.9 Å². The van der Waals surface area contributed by atoms with E-state index in [0.717, 1.165) is 19.3 Å². The SMILES string of the molecule is O=C(COc1ccc2c(c1)CCC2)Nc1cccc(C(=O)Nc2cccc(F)c2)c1. The van der Waals surface area contributed by atoms with Gasteiger partial charge in [-0.25, -0.2) is 4.39 Å². The molecule has 152 valence electrons. The number of carbonyl (C=O) groups is 2. The standard InChI is InChI=1S/C24H21FN2O3/c25-19-7-3-9-21(14-19)27-24(29)18-6-2-8-20(12-18)26-23(28)15-30-22-11-10-16-4-1-5-17(16)13-22/h2-3,6-14H,1,4-5,15H2,(H,26,28)(H,27,29). The minimum Gasteiger partial charge on any atom is -0.484 e. The fourth-order valence-electron chi connectivity index (χ4n) is 3.49. The molecule has 0 aliphatic heterocycles. The number of carbonyl (C=O) groups excluding carboxylic acids is 2. The quantitative estimate of drug-likeness (QED) is 0.632. The van der Waals surface area contributed by atoms with Crippen molar-refractivity contribution >= 4 is 23.2 Å². The molecule has 0 aromatic heterocycles. The highest BCUT2D eigenvalue weighted by atomic mass is 19.1. The zero-order valence-corrected chi connectivity index (χ0v) is 16.3. The van der Waals surface area contributed by atoms with Gasteiger partial charge in [0.15, 0.2) is 6.61 Å². The van der Waals surface area contributed by atoms with Crippen molar-refractivity contribution in [1.82, 2.24) is 0 Å². The van der Waals surface area contributed by atoms with Gasteiger partial charge in [-0.3, -0.25) is 9.59 Å². The molecule has 0 saturated heterocycles. The summed E-state index contributed by atoms with van der Waals surface area (Å²) >= 11 is 0. The minimum atomic E-state index is -0.433. The Morgan fingerprint density at radius 3 is 2.47 bits per heavy atom. The number of fused-ring (bicyclic) bond motifs is 1. The maximum Gasteiger partial charge on any atom is 0.262 e. The molecule has 2 N–H and O–H groups in total. The number of amides is 2. The first-order chi connectivity index (χ1) is 14.6. The Morgan fingerprint density at radius 2 is 1.63 bits per heavy atom. The first-order valence-electron chi connectivity index (χ1n) is 9.78. The third kappa shape index (κ3) is 4.84. The average Bonchev–Trinajstić information content (AvgIpc) is 3.20. The van der Waals surface area contributed by atoms with Gasteiger partial charge < -0.3 is 15.4 Å². The Kier molecular flexibility index (Phi) is 5.75. The van der Waals surface area contributed by atoms with Gasteiger partial charge >= 0.3 is 0 Å². The molecule has 1 aliphatic carbocycles. The lowest BCUT2D eigenvalue weighted by atomic mass is 10.1. The van der Waals surface area contributed by atoms with E-state index in [1.807, 2.05) is 12.1 Å². The number of anilines is 2. The van der Waals surface area contributed by atoms with Crippen molar-refractivity contribution in [3.05, 3.63) is 89.2 Å². The smallest absolute Gasteiger partial charge is 0.262 e. The summed E-state index contributed by atoms with van der Waals surface area (Å²) in [7, 11) is 0. The van der Waals surface area contributed by atoms with Gasteiger partial charge in [0, 0.05) is 16.9 Å². The lowest BCUT2D eigenvalue weighted by Gasteiger charge is -2.10. The van der Waals surface area contributed by atoms with Crippen molar-refractivity contribution in [2.45, 2.75) is 19.3 Å². The monoisotopic (exact) mass is 404 g/mol. The van der Waals surface area contributed by atoms with Crippen LogP contribution in [-0.2, 0) is 17.6 Å². The Hall–Kier alpha value is -3.67. The van der Waals surface area contributed by atoms with E-state index in [-0.39, 0.29) is 12.5 Å². The molecule has 0 unspecified atom stereocenters. The van der Waals surface area contributed by atoms with Crippen molar-refractivity contribution in [2.24, 2.45) is 0 Å². The number of halogens is 1. The average molecular weight is 404 g/mol. The first-order valence-corrected chi connectivity index (χ1v) is 9.78. The molecule has 0 fully saturated rings. The van der Waals surface area contributed by atoms with Gasteiger partial charge in [0.1, 0.15) is 11.6 Å². The van der Waals surface area contributed by atoms with Gasteiger partial charge in [0.05, 0.1) is 0 Å². The summed E-state index contributed by atoms with van der Waals surface area (Å²) in [6, 6.07) is 18.1. The van der Waals surface area contributed by atoms with E-state index >= 15 is 0 Å². The molecule has 2 amide bonds. The summed E-state index contributed by atoms with van der Waals surface area (Å²) in [6.45, 7) is -0.126. The second kappa shape index (κ2) is 8.78. The molecular weight excluding hydrogens is 383 g/mol. The molecule has 0 spiro atoms. The third-order valence-corrected chi connectivity index (χ3v) is 4.93. The summed E-state index contributed by atoms with van der Waals surface area (Å²) in [6.07, 6.45) is 3.30. The summed E-state index contributed by atoms with van der Waals surface area (Å²) in [5.41, 5.74) is 3.81. The van der Waals surface area contributed by atoms with Crippen LogP contribution in [0.1, 0.15) is 27.9 Å². The van der Waals surface area contributed by atoms with Crippen molar-refractivity contribution in [3.63, 3.8) is 0 Å². The van der Waals surface area contributed by atoms with Crippen LogP contribution in [0.2, 0.25) is 0 Å². The van der Waals surface area contributed by atoms with Gasteiger partial charge in [-0.2, -0.15) is 0 Å². The highest BCUT2D eigenvalue weighted by Crippen LogP contribution is 2.26. The number of rotatable bonds is 6. The van der Waals surface area contributed by atoms with E-state index in [2.05, 4.69) is 16.7 Å². The largest absolute Gasteiger partial charge is 0.484 e. The van der Waals surface area contributed by atoms with E-state index in [1.54, 1.807) is 30.3 Å². The maximum atomic E-state index is 13.3. The zero-order valence-electron chi connectivity index (χ0n) is 16.3. The second-order valence-corrected chi connectivity index (χ2v) is 7.17. The van der Waals surface area contributed by atoms with Crippen LogP contribution in [0.25, 0.3) is 0 Å². The maximum absolute atomic E-state index is 13.3. The summed E-state index contributed by atoms with van der Waals surface area (Å²) in [4.78, 5) is 24.6. The summed E-state index contributed by atoms with van der Waals surface area (Å²) < 4.78 is 18.9. The fraction of sp³-hybridized carbons (Fsp3) is 0.167. The molecule has 0 atom stereocenters. The summed E-state index contributed by atoms with van der Waals surface area (Å²) in [5, 5.41) is 5.36. The number of aryl methyl sites for hydroxylation is 2. The molecule has 3 aromatic carbocycles. The van der Waals surface area contributed by atoms with Gasteiger partial charge in [0.25, 0.3) is 11.8 Å². The predicted molar refractivity (Wildman–Crippen MR) is 113 cm³/mol. The zero-order chi connectivity index (χ0) is 20.9. The Morgan fingerprint density at radius 1 is 0.867 bits per heavy atom. The van der Waals surface area contributed by atoms with E-state index in [9.17, 15) is 14.0 Å². The molecule has 4 rings (SSSR count). The predicted octanol–water partition coefficient (Wildman–Crippen LogP) is 4.58. The number of hydrogen-bond acceptors (Lipinski definition) is 3. The molecule has 6 heteroatoms. The highest BCUT2D eigenvalue weighted by molar-refractivity contribution is 6.05. The van der Waals surface area contributed by atoms with E-state index < -0.39 is 11.7 Å². The molecule has 1 aliphatic rings. The topological polar surface area (TPSA) is 67.4 Å². The van der Waals surface area contributed by atoms with Crippen LogP contribution in [0.15, 0.2) is 66.7 Å². The van der Waals surface area contributed by atoms with Crippen LogP contribution >= 0.6 is 0 Å². The number of ether oxygens (including phenoxy) is 1. The van der Waals surface area contributed by atoms with Crippen LogP contribution in [0.5, 0.6) is 5.75 Å². The highest BCUT2D eigenvalue weighted by Gasteiger charge is 2.13. The normalized spacial score (nSPS) is 12.2. The number of nitrogens with one attached hydrogen (secondary N) is 2. The minimum absolute atomic E-state index is 0.126. The van der Waals surface area contributed by atoms with Gasteiger partial charge in [-0.15, -0.1) is 0 Å². The van der Waals surface area contributed by atoms with Crippen molar-refractivity contribution in [1.29, 1.82) is 0 Å². The fourth-order valence-corrected chi connectivity index (χ4v) is 3.49. The first kappa shape index (κ1) is 19.6. The van der Waals surface area contributed by atoms with Crippen LogP contribution in [0.4, 0.5) is 15.8 Å². The molecule has 30 heavy (non-hydrogen) atoms. The van der Waals surface area contributed by atoms with Crippen LogP contribution in [0.3, 0.4) is 0 Å². The van der Waals surface area contributed by atoms with E-state index in [1.165, 1.54) is 29.3 Å². The second-order valence-electron chi connectivity index (χ2n) is 7.17. The van der Waals surface area contributed by atoms with Crippen LogP contribution in [-0.4, -0.2) is 18.4 Å². The Balaban J connectivity index is 1.34. The lowest BCUT2D eigenvalue weighted by molar-refractivity contribution is -0.118. The molecule has 0 bridgehead atoms. The number of hydrogen-bond donors (Lipinski definition) is 2. The van der Waals surface area contributed by atoms with E-state index in [4.69, 9.17) is 4.74 Å².